The van der Waals surface area contributed by atoms with Crippen LogP contribution in [0.5, 0.6) is 5.75 Å². The molecule has 1 aromatic heterocycles. The van der Waals surface area contributed by atoms with Crippen molar-refractivity contribution in [2.24, 2.45) is 0 Å². The van der Waals surface area contributed by atoms with Gasteiger partial charge in [0, 0.05) is 5.02 Å². The maximum Gasteiger partial charge on any atom is 0.234 e. The van der Waals surface area contributed by atoms with Crippen molar-refractivity contribution < 1.29 is 9.53 Å². The topological polar surface area (TPSA) is 76.1 Å². The van der Waals surface area contributed by atoms with Gasteiger partial charge in [-0.2, -0.15) is 0 Å². The van der Waals surface area contributed by atoms with Gasteiger partial charge >= 0.3 is 0 Å². The number of carbonyl (C=O) groups excluding carboxylic acids is 1. The van der Waals surface area contributed by atoms with E-state index in [0.717, 1.165) is 11.4 Å². The molecule has 0 atom stereocenters. The maximum atomic E-state index is 12.2. The van der Waals surface area contributed by atoms with E-state index < -0.39 is 0 Å². The van der Waals surface area contributed by atoms with Crippen LogP contribution in [0.3, 0.4) is 0 Å². The molecule has 2 aromatic carbocycles. The number of nitrogens with one attached hydrogen (secondary N) is 2. The number of hydrogen-bond acceptors (Lipinski definition) is 7. The molecule has 6 nitrogen and oxygen atoms in total. The first-order valence-corrected chi connectivity index (χ1v) is 11.3. The summed E-state index contributed by atoms with van der Waals surface area (Å²) in [4.78, 5) is 12.2. The minimum atomic E-state index is -0.271. The van der Waals surface area contributed by atoms with E-state index in [0.29, 0.717) is 26.8 Å². The van der Waals surface area contributed by atoms with Crippen LogP contribution in [0.4, 0.5) is 16.5 Å². The molecule has 152 valence electrons. The average molecular weight is 490 g/mol. The zero-order chi connectivity index (χ0) is 20.8. The lowest BCUT2D eigenvalue weighted by Gasteiger charge is -2.09. The van der Waals surface area contributed by atoms with Gasteiger partial charge in [-0.25, -0.2) is 0 Å². The van der Waals surface area contributed by atoms with Gasteiger partial charge in [0.1, 0.15) is 5.75 Å². The number of ether oxygens (including phenoxy) is 1. The minimum absolute atomic E-state index is 0.124. The van der Waals surface area contributed by atoms with Crippen molar-refractivity contribution in [3.05, 3.63) is 51.5 Å². The van der Waals surface area contributed by atoms with E-state index in [2.05, 4.69) is 20.8 Å². The highest BCUT2D eigenvalue weighted by molar-refractivity contribution is 8.01. The molecule has 0 saturated carbocycles. The van der Waals surface area contributed by atoms with Gasteiger partial charge in [0.15, 0.2) is 4.34 Å². The molecule has 3 aromatic rings. The number of hydrogen-bond donors (Lipinski definition) is 2. The zero-order valence-electron chi connectivity index (χ0n) is 15.0. The predicted octanol–water partition coefficient (Wildman–Crippen LogP) is 6.37. The Hall–Kier alpha value is -1.71. The molecule has 0 aliphatic heterocycles. The van der Waals surface area contributed by atoms with E-state index in [-0.39, 0.29) is 21.7 Å². The van der Waals surface area contributed by atoms with Gasteiger partial charge < -0.3 is 15.4 Å². The number of benzene rings is 2. The molecule has 0 saturated heterocycles. The Morgan fingerprint density at radius 2 is 1.90 bits per heavy atom. The quantitative estimate of drug-likeness (QED) is 0.358. The summed E-state index contributed by atoms with van der Waals surface area (Å²) in [6.07, 6.45) is 0. The van der Waals surface area contributed by atoms with Crippen LogP contribution in [0.1, 0.15) is 6.92 Å². The molecule has 0 radical (unpaired) electrons. The summed E-state index contributed by atoms with van der Waals surface area (Å²) in [6.45, 7) is 2.48. The van der Waals surface area contributed by atoms with Crippen molar-refractivity contribution in [1.29, 1.82) is 0 Å². The highest BCUT2D eigenvalue weighted by Gasteiger charge is 2.14. The van der Waals surface area contributed by atoms with Gasteiger partial charge in [-0.3, -0.25) is 4.79 Å². The molecule has 29 heavy (non-hydrogen) atoms. The van der Waals surface area contributed by atoms with E-state index >= 15 is 0 Å². The highest BCUT2D eigenvalue weighted by atomic mass is 35.5. The number of para-hydroxylation sites is 2. The number of carbonyl (C=O) groups is 1. The van der Waals surface area contributed by atoms with Crippen LogP contribution in [0.2, 0.25) is 15.1 Å². The summed E-state index contributed by atoms with van der Waals surface area (Å²) in [5.41, 5.74) is 1.13. The summed E-state index contributed by atoms with van der Waals surface area (Å²) < 4.78 is 6.23. The highest BCUT2D eigenvalue weighted by Crippen LogP contribution is 2.34. The molecule has 1 heterocycles. The summed E-state index contributed by atoms with van der Waals surface area (Å²) in [6, 6.07) is 10.6. The third-order valence-electron chi connectivity index (χ3n) is 3.43. The molecule has 0 aliphatic carbocycles. The third-order valence-corrected chi connectivity index (χ3v) is 6.22. The van der Waals surface area contributed by atoms with Crippen LogP contribution in [0, 0.1) is 0 Å². The Morgan fingerprint density at radius 1 is 1.17 bits per heavy atom. The van der Waals surface area contributed by atoms with Gasteiger partial charge in [0.25, 0.3) is 0 Å². The van der Waals surface area contributed by atoms with Crippen molar-refractivity contribution in [1.82, 2.24) is 10.2 Å². The largest absolute Gasteiger partial charge is 0.492 e. The molecular weight excluding hydrogens is 475 g/mol. The van der Waals surface area contributed by atoms with E-state index in [1.54, 1.807) is 0 Å². The van der Waals surface area contributed by atoms with Gasteiger partial charge in [0.05, 0.1) is 33.8 Å². The van der Waals surface area contributed by atoms with Crippen LogP contribution in [0.25, 0.3) is 0 Å². The second-order valence-electron chi connectivity index (χ2n) is 5.51. The lowest BCUT2D eigenvalue weighted by molar-refractivity contribution is -0.113. The molecule has 0 fully saturated rings. The molecular formula is C18H15Cl3N4O2S2. The van der Waals surface area contributed by atoms with Gasteiger partial charge in [-0.05, 0) is 31.2 Å². The Balaban J connectivity index is 1.58. The standard InChI is InChI=1S/C18H15Cl3N4O2S2/c1-2-27-14-6-4-3-5-13(14)22-17-24-25-18(29-17)28-9-15(26)23-16-11(20)7-10(19)8-12(16)21/h3-8H,2,9H2,1H3,(H,22,24)(H,23,26). The van der Waals surface area contributed by atoms with E-state index in [1.165, 1.54) is 35.2 Å². The van der Waals surface area contributed by atoms with Crippen LogP contribution < -0.4 is 15.4 Å². The number of halogens is 3. The number of rotatable bonds is 8. The van der Waals surface area contributed by atoms with Crippen molar-refractivity contribution in [3.8, 4) is 5.75 Å². The van der Waals surface area contributed by atoms with Gasteiger partial charge in [-0.15, -0.1) is 10.2 Å². The second kappa shape index (κ2) is 10.4. The molecule has 11 heteroatoms. The molecule has 0 bridgehead atoms. The van der Waals surface area contributed by atoms with Crippen molar-refractivity contribution in [2.75, 3.05) is 23.0 Å². The molecule has 3 rings (SSSR count). The van der Waals surface area contributed by atoms with Gasteiger partial charge in [0.2, 0.25) is 11.0 Å². The first kappa shape index (κ1) is 22.0. The minimum Gasteiger partial charge on any atom is -0.492 e. The first-order valence-electron chi connectivity index (χ1n) is 8.35. The fourth-order valence-electron chi connectivity index (χ4n) is 2.25. The van der Waals surface area contributed by atoms with Crippen molar-refractivity contribution >= 4 is 80.3 Å². The molecule has 1 amide bonds. The van der Waals surface area contributed by atoms with Crippen molar-refractivity contribution in [3.63, 3.8) is 0 Å². The predicted molar refractivity (Wildman–Crippen MR) is 122 cm³/mol. The fraction of sp³-hybridized carbons (Fsp3) is 0.167. The summed E-state index contributed by atoms with van der Waals surface area (Å²) in [5, 5.41) is 15.6. The maximum absolute atomic E-state index is 12.2. The Kier molecular flexibility index (Phi) is 7.85. The first-order chi connectivity index (χ1) is 14.0. The second-order valence-corrected chi connectivity index (χ2v) is 8.96. The number of aromatic nitrogens is 2. The monoisotopic (exact) mass is 488 g/mol. The Bertz CT molecular complexity index is 993. The van der Waals surface area contributed by atoms with E-state index in [1.807, 2.05) is 31.2 Å². The normalized spacial score (nSPS) is 10.6. The average Bonchev–Trinajstić information content (AvgIpc) is 3.12. The molecule has 0 unspecified atom stereocenters. The van der Waals surface area contributed by atoms with Crippen LogP contribution >= 0.6 is 57.9 Å². The van der Waals surface area contributed by atoms with Crippen LogP contribution in [0.15, 0.2) is 40.7 Å². The summed E-state index contributed by atoms with van der Waals surface area (Å²) in [7, 11) is 0. The molecule has 0 aliphatic rings. The SMILES string of the molecule is CCOc1ccccc1Nc1nnc(SCC(=O)Nc2c(Cl)cc(Cl)cc2Cl)s1. The van der Waals surface area contributed by atoms with Gasteiger partial charge in [-0.1, -0.05) is 70.0 Å². The zero-order valence-corrected chi connectivity index (χ0v) is 18.9. The lowest BCUT2D eigenvalue weighted by Crippen LogP contribution is -2.14. The van der Waals surface area contributed by atoms with E-state index in [9.17, 15) is 4.79 Å². The molecule has 2 N–H and O–H groups in total. The lowest BCUT2D eigenvalue weighted by atomic mass is 10.3. The smallest absolute Gasteiger partial charge is 0.234 e. The number of anilines is 3. The fourth-order valence-corrected chi connectivity index (χ4v) is 4.73. The Labute approximate surface area is 190 Å². The molecule has 0 spiro atoms. The van der Waals surface area contributed by atoms with Crippen molar-refractivity contribution in [2.45, 2.75) is 11.3 Å². The van der Waals surface area contributed by atoms with E-state index in [4.69, 9.17) is 39.5 Å². The summed E-state index contributed by atoms with van der Waals surface area (Å²) >= 11 is 20.6. The number of amides is 1. The van der Waals surface area contributed by atoms with Crippen LogP contribution in [-0.4, -0.2) is 28.5 Å². The number of nitrogens with zero attached hydrogens (tertiary/aromatic N) is 2. The Morgan fingerprint density at radius 3 is 2.62 bits per heavy atom. The third kappa shape index (κ3) is 6.13. The summed E-state index contributed by atoms with van der Waals surface area (Å²) in [5.74, 6) is 0.586. The number of thioether (sulfide) groups is 1. The van der Waals surface area contributed by atoms with Crippen LogP contribution in [-0.2, 0) is 4.79 Å².